The number of benzene rings is 1. The molecule has 88 valence electrons. The maximum absolute atomic E-state index is 11.5. The van der Waals surface area contributed by atoms with E-state index in [1.165, 1.54) is 0 Å². The van der Waals surface area contributed by atoms with Gasteiger partial charge in [-0.1, -0.05) is 12.1 Å². The number of urea groups is 1. The quantitative estimate of drug-likeness (QED) is 0.844. The Labute approximate surface area is 94.9 Å². The summed E-state index contributed by atoms with van der Waals surface area (Å²) in [7, 11) is -3.70. The molecule has 2 amide bonds. The number of nitrogens with two attached hydrogens (primary N) is 1. The molecule has 0 spiro atoms. The van der Waals surface area contributed by atoms with Crippen LogP contribution in [0.25, 0.3) is 0 Å². The van der Waals surface area contributed by atoms with Gasteiger partial charge in [0.25, 0.3) is 0 Å². The Morgan fingerprint density at radius 3 is 2.31 bits per heavy atom. The maximum atomic E-state index is 11.5. The highest BCUT2D eigenvalue weighted by Crippen LogP contribution is 2.24. The van der Waals surface area contributed by atoms with Gasteiger partial charge in [-0.15, -0.1) is 0 Å². The highest BCUT2D eigenvalue weighted by molar-refractivity contribution is 7.92. The number of sulfonamides is 1. The molecule has 0 aliphatic heterocycles. The first-order valence-corrected chi connectivity index (χ1v) is 6.46. The third-order valence-corrected chi connectivity index (χ3v) is 3.37. The number of primary amides is 1. The lowest BCUT2D eigenvalue weighted by molar-refractivity contribution is 0.257. The highest BCUT2D eigenvalue weighted by atomic mass is 32.2. The second-order valence-corrected chi connectivity index (χ2v) is 5.42. The van der Waals surface area contributed by atoms with Crippen molar-refractivity contribution in [1.82, 2.24) is 0 Å². The number of anilines is 1. The average Bonchev–Trinajstić information content (AvgIpc) is 2.09. The standard InChI is InChI=1S/C10H14N2O3S/c1-7-5-4-6-9(8(7)2)12(10(11)13)16(3,14)15/h4-6H,1-3H3,(H2,11,13). The van der Waals surface area contributed by atoms with Gasteiger partial charge in [-0.3, -0.25) is 0 Å². The van der Waals surface area contributed by atoms with Crippen LogP contribution in [0.2, 0.25) is 0 Å². The van der Waals surface area contributed by atoms with E-state index in [0.29, 0.717) is 15.6 Å². The lowest BCUT2D eigenvalue weighted by atomic mass is 10.1. The third-order valence-electron chi connectivity index (χ3n) is 2.33. The average molecular weight is 242 g/mol. The van der Waals surface area contributed by atoms with E-state index in [4.69, 9.17) is 5.73 Å². The molecule has 0 heterocycles. The molecule has 0 aliphatic rings. The number of amides is 2. The van der Waals surface area contributed by atoms with E-state index in [1.807, 2.05) is 13.0 Å². The van der Waals surface area contributed by atoms with Gasteiger partial charge < -0.3 is 5.73 Å². The number of nitrogens with zero attached hydrogens (tertiary/aromatic N) is 1. The van der Waals surface area contributed by atoms with Crippen LogP contribution in [-0.2, 0) is 10.0 Å². The zero-order valence-corrected chi connectivity index (χ0v) is 10.2. The van der Waals surface area contributed by atoms with Gasteiger partial charge in [-0.2, -0.15) is 4.31 Å². The minimum absolute atomic E-state index is 0.301. The van der Waals surface area contributed by atoms with Gasteiger partial charge in [0, 0.05) is 0 Å². The van der Waals surface area contributed by atoms with Gasteiger partial charge in [0.2, 0.25) is 10.0 Å². The van der Waals surface area contributed by atoms with Crippen LogP contribution >= 0.6 is 0 Å². The summed E-state index contributed by atoms with van der Waals surface area (Å²) < 4.78 is 23.5. The fraction of sp³-hybridized carbons (Fsp3) is 0.300. The van der Waals surface area contributed by atoms with Crippen LogP contribution in [-0.4, -0.2) is 20.7 Å². The summed E-state index contributed by atoms with van der Waals surface area (Å²) in [5.41, 5.74) is 6.99. The molecule has 0 atom stereocenters. The van der Waals surface area contributed by atoms with Crippen LogP contribution in [0.3, 0.4) is 0 Å². The molecule has 0 aromatic heterocycles. The normalized spacial score (nSPS) is 11.2. The SMILES string of the molecule is Cc1cccc(N(C(N)=O)S(C)(=O)=O)c1C. The summed E-state index contributed by atoms with van der Waals surface area (Å²) in [6.45, 7) is 3.58. The summed E-state index contributed by atoms with van der Waals surface area (Å²) in [4.78, 5) is 11.2. The topological polar surface area (TPSA) is 80.5 Å². The molecule has 0 unspecified atom stereocenters. The zero-order valence-electron chi connectivity index (χ0n) is 9.39. The zero-order chi connectivity index (χ0) is 12.5. The molecule has 0 fully saturated rings. The first-order chi connectivity index (χ1) is 7.25. The second-order valence-electron chi connectivity index (χ2n) is 3.58. The lowest BCUT2D eigenvalue weighted by Gasteiger charge is -2.20. The van der Waals surface area contributed by atoms with Crippen LogP contribution in [0.4, 0.5) is 10.5 Å². The third kappa shape index (κ3) is 2.33. The molecule has 16 heavy (non-hydrogen) atoms. The molecule has 2 N–H and O–H groups in total. The predicted molar refractivity (Wildman–Crippen MR) is 62.8 cm³/mol. The molecule has 1 rings (SSSR count). The van der Waals surface area contributed by atoms with Crippen LogP contribution in [0, 0.1) is 13.8 Å². The predicted octanol–water partition coefficient (Wildman–Crippen LogP) is 1.15. The van der Waals surface area contributed by atoms with Crippen LogP contribution < -0.4 is 10.0 Å². The first-order valence-electron chi connectivity index (χ1n) is 4.61. The van der Waals surface area contributed by atoms with Crippen LogP contribution in [0.1, 0.15) is 11.1 Å². The van der Waals surface area contributed by atoms with Crippen LogP contribution in [0.5, 0.6) is 0 Å². The van der Waals surface area contributed by atoms with Crippen LogP contribution in [0.15, 0.2) is 18.2 Å². The monoisotopic (exact) mass is 242 g/mol. The van der Waals surface area contributed by atoms with Crippen molar-refractivity contribution in [3.05, 3.63) is 29.3 Å². The second kappa shape index (κ2) is 4.13. The summed E-state index contributed by atoms with van der Waals surface area (Å²) in [6.07, 6.45) is 0.944. The van der Waals surface area contributed by atoms with Crippen molar-refractivity contribution in [3.63, 3.8) is 0 Å². The van der Waals surface area contributed by atoms with Gasteiger partial charge in [-0.25, -0.2) is 13.2 Å². The molecule has 0 saturated heterocycles. The van der Waals surface area contributed by atoms with Crippen molar-refractivity contribution in [2.45, 2.75) is 13.8 Å². The minimum Gasteiger partial charge on any atom is -0.350 e. The first kappa shape index (κ1) is 12.5. The van der Waals surface area contributed by atoms with E-state index >= 15 is 0 Å². The Balaban J connectivity index is 3.45. The van der Waals surface area contributed by atoms with Crippen molar-refractivity contribution in [3.8, 4) is 0 Å². The highest BCUT2D eigenvalue weighted by Gasteiger charge is 2.24. The van der Waals surface area contributed by atoms with Crippen molar-refractivity contribution in [1.29, 1.82) is 0 Å². The molecule has 0 saturated carbocycles. The maximum Gasteiger partial charge on any atom is 0.333 e. The van der Waals surface area contributed by atoms with E-state index in [1.54, 1.807) is 19.1 Å². The molecule has 6 heteroatoms. The van der Waals surface area contributed by atoms with E-state index < -0.39 is 16.1 Å². The molecular weight excluding hydrogens is 228 g/mol. The van der Waals surface area contributed by atoms with Gasteiger partial charge in [0.05, 0.1) is 11.9 Å². The molecule has 0 aliphatic carbocycles. The van der Waals surface area contributed by atoms with Gasteiger partial charge >= 0.3 is 6.03 Å². The molecule has 1 aromatic rings. The number of aryl methyl sites for hydroxylation is 1. The van der Waals surface area contributed by atoms with E-state index in [0.717, 1.165) is 11.8 Å². The van der Waals surface area contributed by atoms with Gasteiger partial charge in [-0.05, 0) is 31.0 Å². The molecular formula is C10H14N2O3S. The fourth-order valence-corrected chi connectivity index (χ4v) is 2.30. The summed E-state index contributed by atoms with van der Waals surface area (Å²) >= 11 is 0. The van der Waals surface area contributed by atoms with Crippen molar-refractivity contribution in [2.24, 2.45) is 5.73 Å². The Bertz CT molecular complexity index is 523. The molecule has 5 nitrogen and oxygen atoms in total. The molecule has 0 radical (unpaired) electrons. The Morgan fingerprint density at radius 1 is 1.31 bits per heavy atom. The molecule has 0 bridgehead atoms. The fourth-order valence-electron chi connectivity index (χ4n) is 1.42. The van der Waals surface area contributed by atoms with Crippen molar-refractivity contribution < 1.29 is 13.2 Å². The number of rotatable bonds is 2. The minimum atomic E-state index is -3.70. The van der Waals surface area contributed by atoms with E-state index in [-0.39, 0.29) is 0 Å². The summed E-state index contributed by atoms with van der Waals surface area (Å²) in [5, 5.41) is 0. The van der Waals surface area contributed by atoms with Gasteiger partial charge in [0.1, 0.15) is 0 Å². The molecule has 1 aromatic carbocycles. The van der Waals surface area contributed by atoms with Crippen molar-refractivity contribution in [2.75, 3.05) is 10.6 Å². The van der Waals surface area contributed by atoms with E-state index in [9.17, 15) is 13.2 Å². The van der Waals surface area contributed by atoms with Gasteiger partial charge in [0.15, 0.2) is 0 Å². The number of carbonyl (C=O) groups excluding carboxylic acids is 1. The Morgan fingerprint density at radius 2 is 1.88 bits per heavy atom. The number of carbonyl (C=O) groups is 1. The smallest absolute Gasteiger partial charge is 0.333 e. The number of hydrogen-bond donors (Lipinski definition) is 1. The Kier molecular flexibility index (Phi) is 3.23. The van der Waals surface area contributed by atoms with Crippen molar-refractivity contribution >= 4 is 21.7 Å². The lowest BCUT2D eigenvalue weighted by Crippen LogP contribution is -2.40. The Hall–Kier alpha value is -1.56. The van der Waals surface area contributed by atoms with E-state index in [2.05, 4.69) is 0 Å². The number of hydrogen-bond acceptors (Lipinski definition) is 3. The summed E-state index contributed by atoms with van der Waals surface area (Å²) in [6, 6.07) is 4.06. The summed E-state index contributed by atoms with van der Waals surface area (Å²) in [5.74, 6) is 0. The largest absolute Gasteiger partial charge is 0.350 e.